The van der Waals surface area contributed by atoms with Gasteiger partial charge in [0.1, 0.15) is 0 Å². The number of nitrogens with zero attached hydrogens (tertiary/aromatic N) is 1. The monoisotopic (exact) mass is 280 g/mol. The molecule has 3 nitrogen and oxygen atoms in total. The lowest BCUT2D eigenvalue weighted by Gasteiger charge is -2.28. The Morgan fingerprint density at radius 3 is 2.21 bits per heavy atom. The molecule has 0 aromatic rings. The van der Waals surface area contributed by atoms with Crippen molar-refractivity contribution in [2.45, 2.75) is 44.7 Å². The van der Waals surface area contributed by atoms with Gasteiger partial charge in [-0.3, -0.25) is 4.79 Å². The fourth-order valence-electron chi connectivity index (χ4n) is 2.49. The second kappa shape index (κ2) is 7.12. The van der Waals surface area contributed by atoms with Gasteiger partial charge in [0.05, 0.1) is 6.42 Å². The molecule has 2 N–H and O–H groups in total. The van der Waals surface area contributed by atoms with Gasteiger partial charge < -0.3 is 10.6 Å². The van der Waals surface area contributed by atoms with E-state index in [0.29, 0.717) is 24.8 Å². The van der Waals surface area contributed by atoms with Crippen LogP contribution in [0.25, 0.3) is 0 Å². The van der Waals surface area contributed by atoms with Crippen molar-refractivity contribution in [2.24, 2.45) is 17.6 Å². The minimum atomic E-state index is -4.20. The van der Waals surface area contributed by atoms with Gasteiger partial charge >= 0.3 is 6.18 Å². The largest absolute Gasteiger partial charge is 0.390 e. The van der Waals surface area contributed by atoms with Crippen LogP contribution in [0.1, 0.15) is 38.5 Å². The van der Waals surface area contributed by atoms with E-state index in [4.69, 9.17) is 5.73 Å². The highest BCUT2D eigenvalue weighted by Crippen LogP contribution is 2.30. The lowest BCUT2D eigenvalue weighted by molar-refractivity contribution is -0.144. The highest BCUT2D eigenvalue weighted by molar-refractivity contribution is 5.76. The van der Waals surface area contributed by atoms with E-state index in [-0.39, 0.29) is 12.5 Å². The van der Waals surface area contributed by atoms with Gasteiger partial charge in [0.15, 0.2) is 0 Å². The Morgan fingerprint density at radius 1 is 1.21 bits per heavy atom. The summed E-state index contributed by atoms with van der Waals surface area (Å²) >= 11 is 0. The van der Waals surface area contributed by atoms with E-state index in [1.54, 1.807) is 0 Å². The van der Waals surface area contributed by atoms with Crippen LogP contribution in [-0.4, -0.2) is 37.1 Å². The predicted molar refractivity (Wildman–Crippen MR) is 67.4 cm³/mol. The van der Waals surface area contributed by atoms with Crippen LogP contribution in [0.3, 0.4) is 0 Å². The summed E-state index contributed by atoms with van der Waals surface area (Å²) in [5, 5.41) is 0. The number of hydrogen-bond donors (Lipinski definition) is 1. The van der Waals surface area contributed by atoms with Crippen LogP contribution in [0.15, 0.2) is 0 Å². The number of alkyl halides is 3. The zero-order chi connectivity index (χ0) is 14.5. The minimum absolute atomic E-state index is 0.180. The summed E-state index contributed by atoms with van der Waals surface area (Å²) in [5.74, 6) is 0.679. The second-order valence-corrected chi connectivity index (χ2v) is 5.51. The minimum Gasteiger partial charge on any atom is -0.345 e. The highest BCUT2D eigenvalue weighted by Gasteiger charge is 2.29. The van der Waals surface area contributed by atoms with Crippen molar-refractivity contribution >= 4 is 5.91 Å². The molecule has 0 saturated heterocycles. The molecule has 0 heterocycles. The summed E-state index contributed by atoms with van der Waals surface area (Å²) in [7, 11) is 1.44. The lowest BCUT2D eigenvalue weighted by atomic mass is 9.80. The van der Waals surface area contributed by atoms with E-state index < -0.39 is 12.6 Å². The van der Waals surface area contributed by atoms with Crippen LogP contribution in [0, 0.1) is 11.8 Å². The molecule has 1 aliphatic rings. The van der Waals surface area contributed by atoms with E-state index >= 15 is 0 Å². The molecule has 0 aliphatic heterocycles. The first kappa shape index (κ1) is 16.3. The number of halogens is 3. The summed E-state index contributed by atoms with van der Waals surface area (Å²) in [6, 6.07) is 0. The third-order valence-corrected chi connectivity index (χ3v) is 3.92. The zero-order valence-electron chi connectivity index (χ0n) is 11.4. The molecule has 1 fully saturated rings. The molecule has 112 valence electrons. The third kappa shape index (κ3) is 6.27. The molecular weight excluding hydrogens is 257 g/mol. The van der Waals surface area contributed by atoms with Crippen molar-refractivity contribution in [3.63, 3.8) is 0 Å². The van der Waals surface area contributed by atoms with Gasteiger partial charge in [0, 0.05) is 20.0 Å². The van der Waals surface area contributed by atoms with Crippen molar-refractivity contribution in [3.05, 3.63) is 0 Å². The molecule has 0 bridgehead atoms. The Morgan fingerprint density at radius 2 is 1.74 bits per heavy atom. The van der Waals surface area contributed by atoms with Gasteiger partial charge in [0.25, 0.3) is 0 Å². The Bertz CT molecular complexity index is 286. The van der Waals surface area contributed by atoms with Gasteiger partial charge in [-0.1, -0.05) is 0 Å². The van der Waals surface area contributed by atoms with Gasteiger partial charge in [-0.15, -0.1) is 0 Å². The van der Waals surface area contributed by atoms with Gasteiger partial charge in [0.2, 0.25) is 5.91 Å². The molecule has 1 amide bonds. The van der Waals surface area contributed by atoms with Gasteiger partial charge in [-0.2, -0.15) is 13.2 Å². The van der Waals surface area contributed by atoms with Crippen molar-refractivity contribution < 1.29 is 18.0 Å². The van der Waals surface area contributed by atoms with E-state index in [9.17, 15) is 18.0 Å². The van der Waals surface area contributed by atoms with Crippen LogP contribution in [0.4, 0.5) is 13.2 Å². The van der Waals surface area contributed by atoms with Gasteiger partial charge in [-0.05, 0) is 44.1 Å². The van der Waals surface area contributed by atoms with E-state index in [0.717, 1.165) is 25.7 Å². The molecule has 1 rings (SSSR count). The smallest absolute Gasteiger partial charge is 0.345 e. The second-order valence-electron chi connectivity index (χ2n) is 5.51. The number of amides is 1. The summed E-state index contributed by atoms with van der Waals surface area (Å²) in [6.45, 7) is 0.437. The average molecular weight is 280 g/mol. The number of carbonyl (C=O) groups excluding carboxylic acids is 1. The van der Waals surface area contributed by atoms with Crippen molar-refractivity contribution in [1.29, 1.82) is 0 Å². The molecule has 1 aliphatic carbocycles. The Kier molecular flexibility index (Phi) is 6.10. The Hall–Kier alpha value is -0.780. The first-order chi connectivity index (χ1) is 8.81. The quantitative estimate of drug-likeness (QED) is 0.841. The molecule has 0 radical (unpaired) electrons. The first-order valence-electron chi connectivity index (χ1n) is 6.82. The van der Waals surface area contributed by atoms with E-state index in [1.165, 1.54) is 11.9 Å². The van der Waals surface area contributed by atoms with E-state index in [2.05, 4.69) is 0 Å². The summed E-state index contributed by atoms with van der Waals surface area (Å²) in [4.78, 5) is 13.0. The standard InChI is InChI=1S/C13H23F3N2O/c1-18(7-6-13(14,15)16)12(19)8-10-2-4-11(9-17)5-3-10/h10-11H,2-9,17H2,1H3. The van der Waals surface area contributed by atoms with Crippen LogP contribution in [0.2, 0.25) is 0 Å². The van der Waals surface area contributed by atoms with Crippen LogP contribution in [0.5, 0.6) is 0 Å². The van der Waals surface area contributed by atoms with Crippen LogP contribution >= 0.6 is 0 Å². The highest BCUT2D eigenvalue weighted by atomic mass is 19.4. The zero-order valence-corrected chi connectivity index (χ0v) is 11.4. The Balaban J connectivity index is 2.27. The number of carbonyl (C=O) groups is 1. The first-order valence-corrected chi connectivity index (χ1v) is 6.82. The summed E-state index contributed by atoms with van der Waals surface area (Å²) in [6.07, 6.45) is -0.794. The molecule has 0 unspecified atom stereocenters. The molecule has 0 aromatic heterocycles. The molecule has 0 atom stereocenters. The Labute approximate surface area is 112 Å². The molecular formula is C13H23F3N2O. The fraction of sp³-hybridized carbons (Fsp3) is 0.923. The maximum absolute atomic E-state index is 12.1. The maximum atomic E-state index is 12.1. The lowest BCUT2D eigenvalue weighted by Crippen LogP contribution is -2.32. The average Bonchev–Trinajstić information content (AvgIpc) is 2.36. The normalized spacial score (nSPS) is 24.3. The number of hydrogen-bond acceptors (Lipinski definition) is 2. The number of nitrogens with two attached hydrogens (primary N) is 1. The SMILES string of the molecule is CN(CCC(F)(F)F)C(=O)CC1CCC(CN)CC1. The topological polar surface area (TPSA) is 46.3 Å². The molecule has 0 spiro atoms. The molecule has 6 heteroatoms. The van der Waals surface area contributed by atoms with E-state index in [1.807, 2.05) is 0 Å². The molecule has 1 saturated carbocycles. The summed E-state index contributed by atoms with van der Waals surface area (Å²) < 4.78 is 36.2. The maximum Gasteiger partial charge on any atom is 0.390 e. The van der Waals surface area contributed by atoms with Gasteiger partial charge in [-0.25, -0.2) is 0 Å². The number of rotatable bonds is 5. The van der Waals surface area contributed by atoms with Crippen molar-refractivity contribution in [1.82, 2.24) is 4.90 Å². The predicted octanol–water partition coefficient (Wildman–Crippen LogP) is 2.55. The van der Waals surface area contributed by atoms with Crippen molar-refractivity contribution in [3.8, 4) is 0 Å². The van der Waals surface area contributed by atoms with Crippen molar-refractivity contribution in [2.75, 3.05) is 20.1 Å². The van der Waals surface area contributed by atoms with Crippen LogP contribution in [-0.2, 0) is 4.79 Å². The third-order valence-electron chi connectivity index (χ3n) is 3.92. The fourth-order valence-corrected chi connectivity index (χ4v) is 2.49. The van der Waals surface area contributed by atoms with Crippen LogP contribution < -0.4 is 5.73 Å². The molecule has 19 heavy (non-hydrogen) atoms. The molecule has 0 aromatic carbocycles. The summed E-state index contributed by atoms with van der Waals surface area (Å²) in [5.41, 5.74) is 5.60.